The number of hydrogen-bond donors (Lipinski definition) is 1. The molecule has 134 valence electrons. The molecule has 2 N–H and O–H groups in total. The van der Waals surface area contributed by atoms with Gasteiger partial charge in [0.25, 0.3) is 0 Å². The van der Waals surface area contributed by atoms with Gasteiger partial charge in [0, 0.05) is 36.2 Å². The van der Waals surface area contributed by atoms with Crippen molar-refractivity contribution in [3.63, 3.8) is 0 Å². The summed E-state index contributed by atoms with van der Waals surface area (Å²) in [7, 11) is 2.11. The maximum Gasteiger partial charge on any atom is 0.350 e. The van der Waals surface area contributed by atoms with Crippen LogP contribution in [0.15, 0.2) is 30.3 Å². The normalized spacial score (nSPS) is 14.4. The van der Waals surface area contributed by atoms with Crippen LogP contribution in [0.25, 0.3) is 21.3 Å². The van der Waals surface area contributed by atoms with E-state index in [0.29, 0.717) is 17.2 Å². The number of ether oxygens (including phenoxy) is 1. The van der Waals surface area contributed by atoms with Crippen molar-refractivity contribution in [1.29, 1.82) is 0 Å². The van der Waals surface area contributed by atoms with E-state index in [1.807, 2.05) is 18.2 Å². The number of nitrogens with two attached hydrogens (primary N) is 1. The lowest BCUT2D eigenvalue weighted by Crippen LogP contribution is -2.27. The Morgan fingerprint density at radius 1 is 1.35 bits per heavy atom. The average Bonchev–Trinajstić information content (AvgIpc) is 2.97. The fraction of sp³-hybridized carbons (Fsp3) is 0.300. The van der Waals surface area contributed by atoms with Gasteiger partial charge in [-0.3, -0.25) is 0 Å². The Morgan fingerprint density at radius 3 is 2.85 bits per heavy atom. The molecule has 0 fully saturated rings. The van der Waals surface area contributed by atoms with Crippen LogP contribution >= 0.6 is 11.3 Å². The molecule has 0 bridgehead atoms. The molecule has 26 heavy (non-hydrogen) atoms. The van der Waals surface area contributed by atoms with Crippen LogP contribution in [-0.2, 0) is 17.7 Å². The fourth-order valence-corrected chi connectivity index (χ4v) is 4.55. The van der Waals surface area contributed by atoms with E-state index >= 15 is 0 Å². The summed E-state index contributed by atoms with van der Waals surface area (Å²) in [4.78, 5) is 20.7. The third-order valence-corrected chi connectivity index (χ3v) is 5.82. The number of anilines is 1. The van der Waals surface area contributed by atoms with Crippen LogP contribution < -0.4 is 5.73 Å². The first-order valence-electron chi connectivity index (χ1n) is 8.75. The zero-order chi connectivity index (χ0) is 18.3. The molecule has 0 atom stereocenters. The quantitative estimate of drug-likeness (QED) is 0.715. The highest BCUT2D eigenvalue weighted by molar-refractivity contribution is 7.21. The average molecular weight is 367 g/mol. The maximum atomic E-state index is 12.3. The highest BCUT2D eigenvalue weighted by Gasteiger charge is 2.27. The number of likely N-dealkylation sites (N-methyl/N-ethyl adjacent to an activating group) is 1. The number of nitrogens with zero attached hydrogens (tertiary/aromatic N) is 2. The Hall–Kier alpha value is -2.44. The van der Waals surface area contributed by atoms with Crippen LogP contribution in [0, 0.1) is 0 Å². The van der Waals surface area contributed by atoms with Crippen LogP contribution in [0.2, 0.25) is 0 Å². The van der Waals surface area contributed by atoms with E-state index in [9.17, 15) is 4.79 Å². The van der Waals surface area contributed by atoms with Crippen molar-refractivity contribution in [2.24, 2.45) is 0 Å². The van der Waals surface area contributed by atoms with Gasteiger partial charge in [0.1, 0.15) is 9.71 Å². The molecule has 0 aliphatic carbocycles. The standard InChI is InChI=1S/C20H21N3O2S/c1-3-25-20(24)18-17(21)16-15(12-7-5-4-6-8-12)13-11-23(2)10-9-14(13)22-19(16)26-18/h4-8H,3,9-11,21H2,1-2H3. The molecule has 3 heterocycles. The van der Waals surface area contributed by atoms with Gasteiger partial charge >= 0.3 is 5.97 Å². The largest absolute Gasteiger partial charge is 0.462 e. The number of rotatable bonds is 3. The molecule has 0 amide bonds. The smallest absolute Gasteiger partial charge is 0.350 e. The molecule has 0 radical (unpaired) electrons. The monoisotopic (exact) mass is 367 g/mol. The van der Waals surface area contributed by atoms with Crippen molar-refractivity contribution in [3.05, 3.63) is 46.5 Å². The second kappa shape index (κ2) is 6.70. The van der Waals surface area contributed by atoms with Crippen molar-refractivity contribution in [1.82, 2.24) is 9.88 Å². The zero-order valence-corrected chi connectivity index (χ0v) is 15.7. The third kappa shape index (κ3) is 2.75. The minimum atomic E-state index is -0.373. The summed E-state index contributed by atoms with van der Waals surface area (Å²) in [5.41, 5.74) is 11.4. The number of hydrogen-bond acceptors (Lipinski definition) is 6. The highest BCUT2D eigenvalue weighted by atomic mass is 32.1. The van der Waals surface area contributed by atoms with Crippen molar-refractivity contribution >= 4 is 33.2 Å². The SMILES string of the molecule is CCOC(=O)c1sc2nc3c(c(-c4ccccc4)c2c1N)CN(C)CC3. The Morgan fingerprint density at radius 2 is 2.12 bits per heavy atom. The van der Waals surface area contributed by atoms with Gasteiger partial charge in [0.15, 0.2) is 0 Å². The van der Waals surface area contributed by atoms with E-state index in [2.05, 4.69) is 24.1 Å². The molecule has 0 saturated carbocycles. The Labute approximate surface area is 156 Å². The second-order valence-electron chi connectivity index (χ2n) is 6.51. The number of nitrogen functional groups attached to an aromatic ring is 1. The molecule has 5 nitrogen and oxygen atoms in total. The van der Waals surface area contributed by atoms with E-state index in [0.717, 1.165) is 46.5 Å². The lowest BCUT2D eigenvalue weighted by molar-refractivity contribution is 0.0533. The third-order valence-electron chi connectivity index (χ3n) is 4.74. The molecule has 1 aromatic carbocycles. The van der Waals surface area contributed by atoms with Gasteiger partial charge in [-0.1, -0.05) is 30.3 Å². The summed E-state index contributed by atoms with van der Waals surface area (Å²) in [6.07, 6.45) is 0.897. The van der Waals surface area contributed by atoms with Gasteiger partial charge < -0.3 is 15.4 Å². The summed E-state index contributed by atoms with van der Waals surface area (Å²) < 4.78 is 5.18. The molecule has 3 aromatic rings. The molecule has 1 aliphatic heterocycles. The number of esters is 1. The second-order valence-corrected chi connectivity index (χ2v) is 7.51. The molecule has 1 aliphatic rings. The molecule has 2 aromatic heterocycles. The van der Waals surface area contributed by atoms with Crippen LogP contribution in [0.3, 0.4) is 0 Å². The summed E-state index contributed by atoms with van der Waals surface area (Å²) in [6.45, 7) is 3.92. The van der Waals surface area contributed by atoms with Crippen LogP contribution in [-0.4, -0.2) is 36.1 Å². The fourth-order valence-electron chi connectivity index (χ4n) is 3.53. The summed E-state index contributed by atoms with van der Waals surface area (Å²) in [5.74, 6) is -0.373. The molecule has 4 rings (SSSR count). The summed E-state index contributed by atoms with van der Waals surface area (Å²) >= 11 is 1.33. The number of fused-ring (bicyclic) bond motifs is 2. The van der Waals surface area contributed by atoms with Gasteiger partial charge in [-0.15, -0.1) is 11.3 Å². The Balaban J connectivity index is 2.03. The molecular weight excluding hydrogens is 346 g/mol. The summed E-state index contributed by atoms with van der Waals surface area (Å²) in [6, 6.07) is 10.2. The maximum absolute atomic E-state index is 12.3. The van der Waals surface area contributed by atoms with Crippen molar-refractivity contribution in [2.75, 3.05) is 25.9 Å². The molecule has 0 spiro atoms. The van der Waals surface area contributed by atoms with Gasteiger partial charge in [-0.05, 0) is 25.1 Å². The molecular formula is C20H21N3O2S. The predicted octanol–water partition coefficient (Wildman–Crippen LogP) is 3.71. The van der Waals surface area contributed by atoms with E-state index in [-0.39, 0.29) is 5.97 Å². The van der Waals surface area contributed by atoms with E-state index in [1.165, 1.54) is 16.9 Å². The highest BCUT2D eigenvalue weighted by Crippen LogP contribution is 2.43. The summed E-state index contributed by atoms with van der Waals surface area (Å²) in [5, 5.41) is 0.873. The number of thiophene rings is 1. The van der Waals surface area contributed by atoms with Crippen LogP contribution in [0.1, 0.15) is 27.9 Å². The van der Waals surface area contributed by atoms with E-state index in [4.69, 9.17) is 15.5 Å². The molecule has 6 heteroatoms. The van der Waals surface area contributed by atoms with Gasteiger partial charge in [0.2, 0.25) is 0 Å². The first kappa shape index (κ1) is 17.0. The van der Waals surface area contributed by atoms with Crippen molar-refractivity contribution in [3.8, 4) is 11.1 Å². The minimum absolute atomic E-state index is 0.326. The number of carbonyl (C=O) groups is 1. The number of carbonyl (C=O) groups excluding carboxylic acids is 1. The van der Waals surface area contributed by atoms with Crippen molar-refractivity contribution < 1.29 is 9.53 Å². The molecule has 0 unspecified atom stereocenters. The number of pyridine rings is 1. The lowest BCUT2D eigenvalue weighted by atomic mass is 9.92. The number of benzene rings is 1. The molecule has 0 saturated heterocycles. The number of aromatic nitrogens is 1. The minimum Gasteiger partial charge on any atom is -0.462 e. The predicted molar refractivity (Wildman–Crippen MR) is 105 cm³/mol. The Kier molecular flexibility index (Phi) is 4.38. The van der Waals surface area contributed by atoms with Crippen LogP contribution in [0.5, 0.6) is 0 Å². The Bertz CT molecular complexity index is 982. The lowest BCUT2D eigenvalue weighted by Gasteiger charge is -2.27. The van der Waals surface area contributed by atoms with Crippen molar-refractivity contribution in [2.45, 2.75) is 19.9 Å². The van der Waals surface area contributed by atoms with Gasteiger partial charge in [0.05, 0.1) is 12.3 Å². The van der Waals surface area contributed by atoms with Crippen LogP contribution in [0.4, 0.5) is 5.69 Å². The van der Waals surface area contributed by atoms with Gasteiger partial charge in [-0.25, -0.2) is 9.78 Å². The first-order valence-corrected chi connectivity index (χ1v) is 9.56. The van der Waals surface area contributed by atoms with E-state index in [1.54, 1.807) is 6.92 Å². The topological polar surface area (TPSA) is 68.4 Å². The first-order chi connectivity index (χ1) is 12.6. The van der Waals surface area contributed by atoms with Gasteiger partial charge in [-0.2, -0.15) is 0 Å². The van der Waals surface area contributed by atoms with E-state index < -0.39 is 0 Å². The zero-order valence-electron chi connectivity index (χ0n) is 14.9.